The zero-order valence-electron chi connectivity index (χ0n) is 10.0. The number of Topliss-reactive ketones (excluding diaryl/α,β-unsaturated/α-hetero) is 1. The summed E-state index contributed by atoms with van der Waals surface area (Å²) in [5.74, 6) is 0.885. The SMILES string of the molecule is COCCC(=O)c1ccc(OC(C)C)cc1. The van der Waals surface area contributed by atoms with Crippen LogP contribution in [-0.4, -0.2) is 25.6 Å². The van der Waals surface area contributed by atoms with Crippen LogP contribution in [0.1, 0.15) is 30.6 Å². The molecule has 0 aliphatic rings. The fourth-order valence-electron chi connectivity index (χ4n) is 1.33. The lowest BCUT2D eigenvalue weighted by Gasteiger charge is -2.09. The van der Waals surface area contributed by atoms with Crippen LogP contribution in [0.4, 0.5) is 0 Å². The van der Waals surface area contributed by atoms with Crippen molar-refractivity contribution in [2.24, 2.45) is 0 Å². The van der Waals surface area contributed by atoms with Crippen molar-refractivity contribution in [2.45, 2.75) is 26.4 Å². The Morgan fingerprint density at radius 3 is 2.38 bits per heavy atom. The molecule has 1 aromatic rings. The lowest BCUT2D eigenvalue weighted by Crippen LogP contribution is -2.06. The highest BCUT2D eigenvalue weighted by Crippen LogP contribution is 2.14. The Morgan fingerprint density at radius 1 is 1.25 bits per heavy atom. The molecule has 0 spiro atoms. The molecule has 0 heterocycles. The zero-order chi connectivity index (χ0) is 12.0. The van der Waals surface area contributed by atoms with Crippen LogP contribution in [0.3, 0.4) is 0 Å². The van der Waals surface area contributed by atoms with Gasteiger partial charge in [-0.15, -0.1) is 0 Å². The minimum atomic E-state index is 0.0953. The van der Waals surface area contributed by atoms with Crippen LogP contribution in [0.5, 0.6) is 5.75 Å². The van der Waals surface area contributed by atoms with Gasteiger partial charge < -0.3 is 9.47 Å². The number of hydrogen-bond donors (Lipinski definition) is 0. The van der Waals surface area contributed by atoms with E-state index in [9.17, 15) is 4.79 Å². The van der Waals surface area contributed by atoms with Crippen molar-refractivity contribution in [1.82, 2.24) is 0 Å². The van der Waals surface area contributed by atoms with Crippen molar-refractivity contribution in [1.29, 1.82) is 0 Å². The standard InChI is InChI=1S/C13H18O3/c1-10(2)16-12-6-4-11(5-7-12)13(14)8-9-15-3/h4-7,10H,8-9H2,1-3H3. The van der Waals surface area contributed by atoms with E-state index in [2.05, 4.69) is 0 Å². The third-order valence-electron chi connectivity index (χ3n) is 2.08. The predicted octanol–water partition coefficient (Wildman–Crippen LogP) is 2.69. The van der Waals surface area contributed by atoms with Crippen LogP contribution >= 0.6 is 0 Å². The molecule has 0 saturated carbocycles. The summed E-state index contributed by atoms with van der Waals surface area (Å²) in [4.78, 5) is 11.6. The first-order valence-corrected chi connectivity index (χ1v) is 5.42. The highest BCUT2D eigenvalue weighted by Gasteiger charge is 2.05. The van der Waals surface area contributed by atoms with Gasteiger partial charge in [-0.05, 0) is 38.1 Å². The van der Waals surface area contributed by atoms with Gasteiger partial charge in [0.2, 0.25) is 0 Å². The van der Waals surface area contributed by atoms with Gasteiger partial charge in [0.1, 0.15) is 5.75 Å². The second-order valence-electron chi connectivity index (χ2n) is 3.86. The molecule has 0 bridgehead atoms. The molecule has 0 N–H and O–H groups in total. The Labute approximate surface area is 96.4 Å². The predicted molar refractivity (Wildman–Crippen MR) is 63.0 cm³/mol. The second-order valence-corrected chi connectivity index (χ2v) is 3.86. The summed E-state index contributed by atoms with van der Waals surface area (Å²) in [6.45, 7) is 4.40. The first-order valence-electron chi connectivity index (χ1n) is 5.42. The van der Waals surface area contributed by atoms with Crippen LogP contribution in [0.15, 0.2) is 24.3 Å². The molecular weight excluding hydrogens is 204 g/mol. The van der Waals surface area contributed by atoms with Crippen LogP contribution in [0.25, 0.3) is 0 Å². The second kappa shape index (κ2) is 6.28. The molecule has 3 nitrogen and oxygen atoms in total. The van der Waals surface area contributed by atoms with Gasteiger partial charge in [-0.25, -0.2) is 0 Å². The van der Waals surface area contributed by atoms with E-state index in [4.69, 9.17) is 9.47 Å². The Kier molecular flexibility index (Phi) is 4.99. The average Bonchev–Trinajstić information content (AvgIpc) is 2.26. The number of carbonyl (C=O) groups is 1. The lowest BCUT2D eigenvalue weighted by molar-refractivity contribution is 0.0932. The summed E-state index contributed by atoms with van der Waals surface area (Å²) in [6.07, 6.45) is 0.566. The quantitative estimate of drug-likeness (QED) is 0.694. The third kappa shape index (κ3) is 4.03. The molecule has 0 amide bonds. The number of hydrogen-bond acceptors (Lipinski definition) is 3. The Hall–Kier alpha value is -1.35. The number of rotatable bonds is 6. The van der Waals surface area contributed by atoms with Gasteiger partial charge in [-0.1, -0.05) is 0 Å². The van der Waals surface area contributed by atoms with Gasteiger partial charge in [0, 0.05) is 19.1 Å². The highest BCUT2D eigenvalue weighted by atomic mass is 16.5. The topological polar surface area (TPSA) is 35.5 Å². The molecule has 0 aliphatic heterocycles. The van der Waals surface area contributed by atoms with Crippen molar-refractivity contribution in [3.63, 3.8) is 0 Å². The first-order chi connectivity index (χ1) is 7.63. The van der Waals surface area contributed by atoms with E-state index in [1.54, 1.807) is 19.2 Å². The maximum Gasteiger partial charge on any atom is 0.165 e. The molecule has 1 rings (SSSR count). The zero-order valence-corrected chi connectivity index (χ0v) is 10.0. The molecule has 88 valence electrons. The van der Waals surface area contributed by atoms with Gasteiger partial charge in [0.25, 0.3) is 0 Å². The van der Waals surface area contributed by atoms with Gasteiger partial charge in [0.05, 0.1) is 12.7 Å². The molecule has 1 aromatic carbocycles. The first kappa shape index (κ1) is 12.7. The maximum absolute atomic E-state index is 11.6. The Balaban J connectivity index is 2.60. The minimum absolute atomic E-state index is 0.0953. The van der Waals surface area contributed by atoms with Crippen molar-refractivity contribution >= 4 is 5.78 Å². The van der Waals surface area contributed by atoms with Crippen LogP contribution in [0, 0.1) is 0 Å². The van der Waals surface area contributed by atoms with Crippen LogP contribution in [0.2, 0.25) is 0 Å². The molecule has 0 atom stereocenters. The number of methoxy groups -OCH3 is 1. The number of benzene rings is 1. The summed E-state index contributed by atoms with van der Waals surface area (Å²) in [7, 11) is 1.59. The molecule has 0 aliphatic carbocycles. The van der Waals surface area contributed by atoms with E-state index in [1.165, 1.54) is 0 Å². The van der Waals surface area contributed by atoms with Crippen molar-refractivity contribution in [2.75, 3.05) is 13.7 Å². The summed E-state index contributed by atoms with van der Waals surface area (Å²) < 4.78 is 10.4. The van der Waals surface area contributed by atoms with E-state index in [1.807, 2.05) is 26.0 Å². The number of ether oxygens (including phenoxy) is 2. The fraction of sp³-hybridized carbons (Fsp3) is 0.462. The van der Waals surface area contributed by atoms with Crippen molar-refractivity contribution in [3.05, 3.63) is 29.8 Å². The van der Waals surface area contributed by atoms with Gasteiger partial charge >= 0.3 is 0 Å². The molecule has 0 fully saturated rings. The molecule has 3 heteroatoms. The Bertz CT molecular complexity index is 328. The molecule has 16 heavy (non-hydrogen) atoms. The van der Waals surface area contributed by atoms with Gasteiger partial charge in [0.15, 0.2) is 5.78 Å². The smallest absolute Gasteiger partial charge is 0.165 e. The summed E-state index contributed by atoms with van der Waals surface area (Å²) in [6, 6.07) is 7.21. The fourth-order valence-corrected chi connectivity index (χ4v) is 1.33. The number of carbonyl (C=O) groups excluding carboxylic acids is 1. The molecular formula is C13H18O3. The van der Waals surface area contributed by atoms with E-state index >= 15 is 0 Å². The van der Waals surface area contributed by atoms with E-state index < -0.39 is 0 Å². The molecule has 0 saturated heterocycles. The molecule has 0 aromatic heterocycles. The van der Waals surface area contributed by atoms with Gasteiger partial charge in [-0.2, -0.15) is 0 Å². The Morgan fingerprint density at radius 2 is 1.88 bits per heavy atom. The van der Waals surface area contributed by atoms with Crippen LogP contribution < -0.4 is 4.74 Å². The van der Waals surface area contributed by atoms with Crippen molar-refractivity contribution < 1.29 is 14.3 Å². The van der Waals surface area contributed by atoms with Crippen LogP contribution in [-0.2, 0) is 4.74 Å². The molecule has 0 radical (unpaired) electrons. The minimum Gasteiger partial charge on any atom is -0.491 e. The third-order valence-corrected chi connectivity index (χ3v) is 2.08. The van der Waals surface area contributed by atoms with Crippen molar-refractivity contribution in [3.8, 4) is 5.75 Å². The summed E-state index contributed by atoms with van der Waals surface area (Å²) in [5, 5.41) is 0. The lowest BCUT2D eigenvalue weighted by atomic mass is 10.1. The normalized spacial score (nSPS) is 10.5. The monoisotopic (exact) mass is 222 g/mol. The van der Waals surface area contributed by atoms with E-state index in [-0.39, 0.29) is 11.9 Å². The van der Waals surface area contributed by atoms with E-state index in [0.29, 0.717) is 18.6 Å². The molecule has 0 unspecified atom stereocenters. The average molecular weight is 222 g/mol. The van der Waals surface area contributed by atoms with Gasteiger partial charge in [-0.3, -0.25) is 4.79 Å². The summed E-state index contributed by atoms with van der Waals surface area (Å²) >= 11 is 0. The largest absolute Gasteiger partial charge is 0.491 e. The maximum atomic E-state index is 11.6. The van der Waals surface area contributed by atoms with E-state index in [0.717, 1.165) is 5.75 Å². The summed E-state index contributed by atoms with van der Waals surface area (Å²) in [5.41, 5.74) is 0.702. The number of ketones is 1. The highest BCUT2D eigenvalue weighted by molar-refractivity contribution is 5.96.